The lowest BCUT2D eigenvalue weighted by molar-refractivity contribution is 0.669. The quantitative estimate of drug-likeness (QED) is 0.161. The third kappa shape index (κ3) is 5.98. The van der Waals surface area contributed by atoms with Gasteiger partial charge >= 0.3 is 0 Å². The Labute approximate surface area is 353 Å². The third-order valence-electron chi connectivity index (χ3n) is 12.2. The van der Waals surface area contributed by atoms with Crippen LogP contribution in [0.3, 0.4) is 0 Å². The Morgan fingerprint density at radius 2 is 0.852 bits per heavy atom. The van der Waals surface area contributed by atoms with Crippen molar-refractivity contribution in [1.29, 1.82) is 0 Å². The molecule has 0 amide bonds. The fraction of sp³-hybridized carbons (Fsp3) is 0. The molecule has 0 unspecified atom stereocenters. The highest BCUT2D eigenvalue weighted by atomic mass is 16.3. The maximum absolute atomic E-state index is 6.40. The van der Waals surface area contributed by atoms with E-state index in [4.69, 9.17) is 4.42 Å². The zero-order valence-corrected chi connectivity index (χ0v) is 33.2. The van der Waals surface area contributed by atoms with Gasteiger partial charge in [0.1, 0.15) is 11.2 Å². The largest absolute Gasteiger partial charge is 0.456 e. The Morgan fingerprint density at radius 3 is 1.59 bits per heavy atom. The number of fused-ring (bicyclic) bond motifs is 7. The molecular weight excluding hydrogens is 741 g/mol. The number of hydrogen-bond acceptors (Lipinski definition) is 2. The van der Waals surface area contributed by atoms with E-state index in [0.29, 0.717) is 0 Å². The van der Waals surface area contributed by atoms with E-state index < -0.39 is 0 Å². The molecule has 0 N–H and O–H groups in total. The molecule has 12 rings (SSSR count). The maximum atomic E-state index is 6.40. The lowest BCUT2D eigenvalue weighted by Crippen LogP contribution is -2.09. The van der Waals surface area contributed by atoms with Crippen molar-refractivity contribution in [2.24, 2.45) is 0 Å². The fourth-order valence-electron chi connectivity index (χ4n) is 9.24. The number of rotatable bonds is 7. The number of para-hydroxylation sites is 4. The summed E-state index contributed by atoms with van der Waals surface area (Å²) in [5.74, 6) is 0. The summed E-state index contributed by atoms with van der Waals surface area (Å²) < 4.78 is 8.81. The van der Waals surface area contributed by atoms with Gasteiger partial charge in [-0.15, -0.1) is 0 Å². The van der Waals surface area contributed by atoms with Gasteiger partial charge in [-0.2, -0.15) is 0 Å². The number of aromatic nitrogens is 1. The molecule has 0 aliphatic carbocycles. The first kappa shape index (κ1) is 34.9. The van der Waals surface area contributed by atoms with Crippen molar-refractivity contribution in [2.75, 3.05) is 4.90 Å². The highest BCUT2D eigenvalue weighted by Gasteiger charge is 2.18. The summed E-state index contributed by atoms with van der Waals surface area (Å²) in [7, 11) is 0. The summed E-state index contributed by atoms with van der Waals surface area (Å²) in [5.41, 5.74) is 15.5. The Morgan fingerprint density at radius 1 is 0.311 bits per heavy atom. The Bertz CT molecular complexity index is 3540. The van der Waals surface area contributed by atoms with Crippen molar-refractivity contribution >= 4 is 71.6 Å². The summed E-state index contributed by atoms with van der Waals surface area (Å²) in [6.45, 7) is 0. The zero-order valence-electron chi connectivity index (χ0n) is 33.2. The minimum atomic E-state index is 0.867. The first-order valence-electron chi connectivity index (χ1n) is 20.8. The van der Waals surface area contributed by atoms with Crippen LogP contribution in [0.1, 0.15) is 0 Å². The average molecular weight is 779 g/mol. The lowest BCUT2D eigenvalue weighted by Gasteiger charge is -2.26. The van der Waals surface area contributed by atoms with Gasteiger partial charge in [0.2, 0.25) is 0 Å². The monoisotopic (exact) mass is 778 g/mol. The van der Waals surface area contributed by atoms with Gasteiger partial charge in [0.25, 0.3) is 0 Å². The molecule has 0 bridgehead atoms. The minimum absolute atomic E-state index is 0.867. The summed E-state index contributed by atoms with van der Waals surface area (Å²) in [5, 5.41) is 7.24. The molecule has 0 fully saturated rings. The Hall–Kier alpha value is -8.14. The van der Waals surface area contributed by atoms with E-state index in [1.807, 2.05) is 12.1 Å². The number of nitrogens with zero attached hydrogens (tertiary/aromatic N) is 2. The summed E-state index contributed by atoms with van der Waals surface area (Å²) >= 11 is 0. The van der Waals surface area contributed by atoms with Crippen LogP contribution in [0.4, 0.5) is 17.1 Å². The van der Waals surface area contributed by atoms with Gasteiger partial charge in [-0.3, -0.25) is 0 Å². The molecule has 10 aromatic carbocycles. The summed E-state index contributed by atoms with van der Waals surface area (Å²) in [6, 6.07) is 82.9. The van der Waals surface area contributed by atoms with Crippen LogP contribution in [-0.2, 0) is 0 Å². The molecule has 0 atom stereocenters. The fourth-order valence-corrected chi connectivity index (χ4v) is 9.24. The van der Waals surface area contributed by atoms with E-state index in [0.717, 1.165) is 55.8 Å². The Balaban J connectivity index is 0.928. The molecule has 0 radical (unpaired) electrons. The van der Waals surface area contributed by atoms with Crippen LogP contribution in [0.15, 0.2) is 235 Å². The minimum Gasteiger partial charge on any atom is -0.456 e. The van der Waals surface area contributed by atoms with Crippen molar-refractivity contribution in [3.8, 4) is 39.1 Å². The van der Waals surface area contributed by atoms with Gasteiger partial charge in [-0.05, 0) is 111 Å². The number of furan rings is 1. The summed E-state index contributed by atoms with van der Waals surface area (Å²) in [4.78, 5) is 2.32. The number of benzene rings is 10. The molecule has 3 nitrogen and oxygen atoms in total. The van der Waals surface area contributed by atoms with Crippen molar-refractivity contribution < 1.29 is 4.42 Å². The van der Waals surface area contributed by atoms with Crippen LogP contribution in [0.5, 0.6) is 0 Å². The third-order valence-corrected chi connectivity index (χ3v) is 12.2. The molecule has 0 aliphatic rings. The number of hydrogen-bond donors (Lipinski definition) is 0. The van der Waals surface area contributed by atoms with Crippen molar-refractivity contribution in [1.82, 2.24) is 4.57 Å². The van der Waals surface area contributed by atoms with Crippen LogP contribution in [0.25, 0.3) is 93.6 Å². The standard InChI is InChI=1S/C58H38N2O/c1-2-13-42-36-44(25-24-39(42)12-1)41-28-32-47(33-29-41)59(48-34-35-53-52-19-6-10-23-57(52)61-58(53)38-48)46-30-26-40(27-31-46)43-14-11-15-45(37-43)49-16-3-7-20-54(49)60-55-21-8-4-17-50(55)51-18-5-9-22-56(51)60/h1-38H. The molecule has 2 aromatic heterocycles. The lowest BCUT2D eigenvalue weighted by atomic mass is 9.97. The molecule has 61 heavy (non-hydrogen) atoms. The van der Waals surface area contributed by atoms with Gasteiger partial charge in [-0.25, -0.2) is 0 Å². The smallest absolute Gasteiger partial charge is 0.137 e. The van der Waals surface area contributed by atoms with Crippen LogP contribution in [0.2, 0.25) is 0 Å². The molecule has 0 saturated carbocycles. The zero-order chi connectivity index (χ0) is 40.3. The second-order valence-corrected chi connectivity index (χ2v) is 15.7. The van der Waals surface area contributed by atoms with Gasteiger partial charge in [0.05, 0.1) is 16.7 Å². The first-order valence-corrected chi connectivity index (χ1v) is 20.8. The highest BCUT2D eigenvalue weighted by Crippen LogP contribution is 2.41. The summed E-state index contributed by atoms with van der Waals surface area (Å²) in [6.07, 6.45) is 0. The normalized spacial score (nSPS) is 11.6. The van der Waals surface area contributed by atoms with E-state index in [-0.39, 0.29) is 0 Å². The van der Waals surface area contributed by atoms with Crippen molar-refractivity contribution in [3.05, 3.63) is 231 Å². The average Bonchev–Trinajstić information content (AvgIpc) is 3.87. The van der Waals surface area contributed by atoms with Gasteiger partial charge in [-0.1, -0.05) is 152 Å². The van der Waals surface area contributed by atoms with Crippen molar-refractivity contribution in [3.63, 3.8) is 0 Å². The van der Waals surface area contributed by atoms with E-state index in [2.05, 4.69) is 228 Å². The van der Waals surface area contributed by atoms with E-state index >= 15 is 0 Å². The molecule has 286 valence electrons. The highest BCUT2D eigenvalue weighted by molar-refractivity contribution is 6.10. The molecule has 0 spiro atoms. The topological polar surface area (TPSA) is 21.3 Å². The van der Waals surface area contributed by atoms with Crippen LogP contribution in [-0.4, -0.2) is 4.57 Å². The van der Waals surface area contributed by atoms with Crippen LogP contribution in [0, 0.1) is 0 Å². The van der Waals surface area contributed by atoms with Crippen LogP contribution >= 0.6 is 0 Å². The van der Waals surface area contributed by atoms with E-state index in [1.54, 1.807) is 0 Å². The molecule has 3 heteroatoms. The second kappa shape index (κ2) is 14.3. The predicted molar refractivity (Wildman–Crippen MR) is 257 cm³/mol. The predicted octanol–water partition coefficient (Wildman–Crippen LogP) is 16.3. The molecule has 0 saturated heterocycles. The van der Waals surface area contributed by atoms with E-state index in [1.165, 1.54) is 54.8 Å². The maximum Gasteiger partial charge on any atom is 0.137 e. The molecule has 2 heterocycles. The molecule has 0 aliphatic heterocycles. The second-order valence-electron chi connectivity index (χ2n) is 15.7. The number of anilines is 3. The van der Waals surface area contributed by atoms with E-state index in [9.17, 15) is 0 Å². The Kier molecular flexibility index (Phi) is 8.17. The molecule has 12 aromatic rings. The van der Waals surface area contributed by atoms with Crippen LogP contribution < -0.4 is 4.90 Å². The van der Waals surface area contributed by atoms with Crippen molar-refractivity contribution in [2.45, 2.75) is 0 Å². The molecular formula is C58H38N2O. The van der Waals surface area contributed by atoms with Gasteiger partial charge < -0.3 is 13.9 Å². The first-order chi connectivity index (χ1) is 30.2. The SMILES string of the molecule is c1cc(-c2ccc(N(c3ccc(-c4ccc5ccccc5c4)cc3)c3ccc4c(c3)oc3ccccc34)cc2)cc(-c2ccccc2-n2c3ccccc3c3ccccc32)c1. The van der Waals surface area contributed by atoms with Gasteiger partial charge in [0.15, 0.2) is 0 Å². The van der Waals surface area contributed by atoms with Gasteiger partial charge in [0, 0.05) is 50.2 Å².